The fourth-order valence-electron chi connectivity index (χ4n) is 4.13. The molecule has 0 amide bonds. The van der Waals surface area contributed by atoms with Crippen molar-refractivity contribution in [2.45, 2.75) is 19.6 Å². The van der Waals surface area contributed by atoms with E-state index in [9.17, 15) is 52.4 Å². The van der Waals surface area contributed by atoms with Gasteiger partial charge in [0.15, 0.2) is 27.9 Å². The van der Waals surface area contributed by atoms with E-state index in [1.54, 1.807) is 0 Å². The molecule has 0 aliphatic heterocycles. The van der Waals surface area contributed by atoms with Crippen molar-refractivity contribution >= 4 is 85.4 Å². The van der Waals surface area contributed by atoms with Crippen molar-refractivity contribution in [3.8, 4) is 5.75 Å². The number of fused-ring (bicyclic) bond motifs is 2. The van der Waals surface area contributed by atoms with Gasteiger partial charge in [-0.1, -0.05) is 29.3 Å². The predicted octanol–water partition coefficient (Wildman–Crippen LogP) is 3.63. The zero-order valence-corrected chi connectivity index (χ0v) is 25.9. The lowest BCUT2D eigenvalue weighted by Gasteiger charge is -2.12. The molecule has 0 radical (unpaired) electrons. The van der Waals surface area contributed by atoms with Gasteiger partial charge in [-0.25, -0.2) is 13.7 Å². The Labute approximate surface area is 258 Å². The van der Waals surface area contributed by atoms with E-state index in [1.165, 1.54) is 6.07 Å². The van der Waals surface area contributed by atoms with Crippen molar-refractivity contribution < 1.29 is 71.2 Å². The summed E-state index contributed by atoms with van der Waals surface area (Å²) in [6, 6.07) is 8.83. The smallest absolute Gasteiger partial charge is 0.297 e. The van der Waals surface area contributed by atoms with Gasteiger partial charge in [-0.3, -0.25) is 17.8 Å². The fourth-order valence-corrected chi connectivity index (χ4v) is 7.83. The van der Waals surface area contributed by atoms with Crippen LogP contribution in [0.5, 0.6) is 5.75 Å². The highest BCUT2D eigenvalue weighted by atomic mass is 32.2. The van der Waals surface area contributed by atoms with Gasteiger partial charge >= 0.3 is 0 Å². The van der Waals surface area contributed by atoms with Crippen LogP contribution in [0.25, 0.3) is 21.5 Å². The van der Waals surface area contributed by atoms with Crippen molar-refractivity contribution in [1.82, 2.24) is 0 Å². The molecule has 0 bridgehead atoms. The highest BCUT2D eigenvalue weighted by molar-refractivity contribution is 7.91. The van der Waals surface area contributed by atoms with Gasteiger partial charge in [0.25, 0.3) is 30.4 Å². The fraction of sp³-hybridized carbons (Fsp3) is 0.0909. The Morgan fingerprint density at radius 2 is 1.40 bits per heavy atom. The predicted molar refractivity (Wildman–Crippen MR) is 154 cm³/mol. The van der Waals surface area contributed by atoms with Gasteiger partial charge in [0.1, 0.15) is 26.1 Å². The van der Waals surface area contributed by atoms with Crippen LogP contribution < -0.4 is 0 Å². The van der Waals surface area contributed by atoms with E-state index >= 15 is 0 Å². The van der Waals surface area contributed by atoms with Gasteiger partial charge < -0.3 is 5.11 Å². The van der Waals surface area contributed by atoms with Crippen molar-refractivity contribution in [2.75, 3.05) is 12.4 Å². The monoisotopic (exact) mass is 726 g/mol. The van der Waals surface area contributed by atoms with Crippen LogP contribution in [0.1, 0.15) is 0 Å². The molecule has 0 aromatic heterocycles. The molecule has 4 rings (SSSR count). The molecule has 0 saturated carbocycles. The molecule has 0 unspecified atom stereocenters. The summed E-state index contributed by atoms with van der Waals surface area (Å²) in [5, 5.41) is 27.9. The number of azo groups is 1. The van der Waals surface area contributed by atoms with Gasteiger partial charge in [-0.2, -0.15) is 25.3 Å². The Bertz CT molecular complexity index is 2290. The van der Waals surface area contributed by atoms with Crippen LogP contribution >= 0.6 is 12.3 Å². The Morgan fingerprint density at radius 3 is 2.02 bits per heavy atom. The van der Waals surface area contributed by atoms with E-state index in [4.69, 9.17) is 9.44 Å². The molecule has 0 atom stereocenters. The van der Waals surface area contributed by atoms with Gasteiger partial charge in [0.2, 0.25) is 0 Å². The topological polar surface area (TPSA) is 290 Å². The number of phenols is 1. The third kappa shape index (κ3) is 7.56. The van der Waals surface area contributed by atoms with Crippen molar-refractivity contribution in [3.05, 3.63) is 54.6 Å². The average molecular weight is 727 g/mol. The summed E-state index contributed by atoms with van der Waals surface area (Å²) in [6.45, 7) is -0.406. The molecule has 23 heteroatoms. The molecule has 0 aliphatic carbocycles. The Kier molecular flexibility index (Phi) is 9.84. The zero-order valence-electron chi connectivity index (χ0n) is 21.8. The minimum absolute atomic E-state index is 0.00466. The summed E-state index contributed by atoms with van der Waals surface area (Å²) in [6.07, 6.45) is 0. The van der Waals surface area contributed by atoms with Gasteiger partial charge in [0.05, 0.1) is 17.3 Å². The maximum Gasteiger partial charge on any atom is 0.297 e. The third-order valence-electron chi connectivity index (χ3n) is 5.94. The lowest BCUT2D eigenvalue weighted by molar-refractivity contribution is -0.434. The molecule has 4 aromatic rings. The quantitative estimate of drug-likeness (QED) is 0.0348. The number of hydrogen-bond acceptors (Lipinski definition) is 16. The number of sulfone groups is 1. The van der Waals surface area contributed by atoms with Crippen molar-refractivity contribution in [2.24, 2.45) is 10.2 Å². The summed E-state index contributed by atoms with van der Waals surface area (Å²) in [4.78, 5) is -3.04. The number of phenolic OH excluding ortho intramolecular Hbond substituents is 1. The summed E-state index contributed by atoms with van der Waals surface area (Å²) in [5.41, 5.74) is -1.39. The molecule has 0 aliphatic rings. The molecule has 18 nitrogen and oxygen atoms in total. The number of nitrogens with zero attached hydrogens (tertiary/aromatic N) is 2. The number of benzene rings is 4. The first kappa shape index (κ1) is 34.5. The standard InChI is InChI=1S/C22H18N2O16S5/c25-21-17(11-19(44(32,33)34)15-2-1-3-18(20(15)21)43(29,30)31)24-23-16-7-4-12-10-13(5-6-14(12)22(16)45(35,36)37)42(27,28)9-8-38-41-40-39-26/h1-7,10-11,25-26H,8-9H2,(H,29,30,31)(H,32,33,34)(H,35,36,37)/b24-23+. The maximum atomic E-state index is 12.7. The molecule has 45 heavy (non-hydrogen) atoms. The molecular formula is C22H18N2O16S5. The van der Waals surface area contributed by atoms with Crippen molar-refractivity contribution in [3.63, 3.8) is 0 Å². The largest absolute Gasteiger partial charge is 0.505 e. The van der Waals surface area contributed by atoms with Crippen LogP contribution in [0.3, 0.4) is 0 Å². The van der Waals surface area contributed by atoms with E-state index in [1.807, 2.05) is 0 Å². The number of rotatable bonds is 12. The van der Waals surface area contributed by atoms with Crippen molar-refractivity contribution in [1.29, 1.82) is 0 Å². The van der Waals surface area contributed by atoms with E-state index < -0.39 is 95.1 Å². The molecule has 242 valence electrons. The number of hydrogen-bond donors (Lipinski definition) is 5. The first-order chi connectivity index (χ1) is 20.9. The van der Waals surface area contributed by atoms with Crippen LogP contribution in [0.4, 0.5) is 11.4 Å². The molecule has 0 spiro atoms. The van der Waals surface area contributed by atoms with Crippen LogP contribution in [0, 0.1) is 0 Å². The third-order valence-corrected chi connectivity index (χ3v) is 10.7. The lowest BCUT2D eigenvalue weighted by atomic mass is 10.1. The Hall–Kier alpha value is -3.33. The molecular weight excluding hydrogens is 709 g/mol. The van der Waals surface area contributed by atoms with E-state index in [2.05, 4.69) is 19.6 Å². The van der Waals surface area contributed by atoms with Crippen LogP contribution in [0.15, 0.2) is 84.4 Å². The second-order valence-electron chi connectivity index (χ2n) is 8.69. The lowest BCUT2D eigenvalue weighted by Crippen LogP contribution is -2.11. The average Bonchev–Trinajstić information content (AvgIpc) is 2.94. The maximum absolute atomic E-state index is 12.7. The second-order valence-corrected chi connectivity index (χ2v) is 15.4. The SMILES string of the molecule is O=S(=O)(O)c1c(/N=N/c2cc(S(=O)(=O)O)c3cccc(S(=O)(=O)O)c3c2O)ccc2cc(S(=O)(=O)CCOSOOO)ccc12. The minimum atomic E-state index is -5.12. The molecule has 5 N–H and O–H groups in total. The van der Waals surface area contributed by atoms with Gasteiger partial charge in [-0.15, -0.1) is 14.6 Å². The first-order valence-corrected chi connectivity index (χ1v) is 18.2. The summed E-state index contributed by atoms with van der Waals surface area (Å²) in [5.74, 6) is -1.60. The summed E-state index contributed by atoms with van der Waals surface area (Å²) < 4.78 is 136. The van der Waals surface area contributed by atoms with E-state index in [-0.39, 0.29) is 28.0 Å². The first-order valence-electron chi connectivity index (χ1n) is 11.5. The molecule has 4 aromatic carbocycles. The van der Waals surface area contributed by atoms with E-state index in [0.29, 0.717) is 6.07 Å². The minimum Gasteiger partial charge on any atom is -0.505 e. The Balaban J connectivity index is 1.86. The molecule has 0 saturated heterocycles. The van der Waals surface area contributed by atoms with Gasteiger partial charge in [-0.05, 0) is 35.7 Å². The Morgan fingerprint density at radius 1 is 0.733 bits per heavy atom. The van der Waals surface area contributed by atoms with Gasteiger partial charge in [0, 0.05) is 16.2 Å². The number of aromatic hydroxyl groups is 1. The summed E-state index contributed by atoms with van der Waals surface area (Å²) >= 11 is 0.160. The molecule has 0 fully saturated rings. The summed E-state index contributed by atoms with van der Waals surface area (Å²) in [7, 11) is -19.3. The second kappa shape index (κ2) is 12.8. The van der Waals surface area contributed by atoms with Crippen LogP contribution in [-0.2, 0) is 53.7 Å². The van der Waals surface area contributed by atoms with Crippen LogP contribution in [-0.4, -0.2) is 70.1 Å². The molecule has 0 heterocycles. The highest BCUT2D eigenvalue weighted by Gasteiger charge is 2.26. The normalized spacial score (nSPS) is 13.2. The highest BCUT2D eigenvalue weighted by Crippen LogP contribution is 2.43. The zero-order chi connectivity index (χ0) is 33.4. The van der Waals surface area contributed by atoms with E-state index in [0.717, 1.165) is 42.5 Å². The van der Waals surface area contributed by atoms with Crippen LogP contribution in [0.2, 0.25) is 0 Å².